The van der Waals surface area contributed by atoms with Gasteiger partial charge >= 0.3 is 0 Å². The van der Waals surface area contributed by atoms with E-state index in [9.17, 15) is 9.90 Å². The summed E-state index contributed by atoms with van der Waals surface area (Å²) in [5.41, 5.74) is 5.44. The van der Waals surface area contributed by atoms with Crippen LogP contribution in [0.3, 0.4) is 0 Å². The van der Waals surface area contributed by atoms with E-state index in [0.29, 0.717) is 6.54 Å². The monoisotopic (exact) mass is 242 g/mol. The van der Waals surface area contributed by atoms with Crippen molar-refractivity contribution in [3.8, 4) is 0 Å². The lowest BCUT2D eigenvalue weighted by Gasteiger charge is -2.31. The Morgan fingerprint density at radius 1 is 1.47 bits per heavy atom. The molecule has 4 nitrogen and oxygen atoms in total. The molecule has 1 aliphatic rings. The van der Waals surface area contributed by atoms with Gasteiger partial charge in [-0.3, -0.25) is 4.79 Å². The fourth-order valence-corrected chi connectivity index (χ4v) is 2.50. The predicted molar refractivity (Wildman–Crippen MR) is 68.4 cm³/mol. The zero-order valence-corrected chi connectivity index (χ0v) is 10.8. The highest BCUT2D eigenvalue weighted by Gasteiger charge is 2.26. The van der Waals surface area contributed by atoms with Gasteiger partial charge in [0.05, 0.1) is 0 Å². The standard InChI is InChI=1S/C13H26N2O2/c1-10(5-4-8-14)13(17)15-12-7-3-2-6-11(12)9-16/h10-12,16H,2-9,14H2,1H3,(H,15,17). The summed E-state index contributed by atoms with van der Waals surface area (Å²) < 4.78 is 0. The number of nitrogens with one attached hydrogen (secondary N) is 1. The molecule has 0 aliphatic heterocycles. The van der Waals surface area contributed by atoms with E-state index in [-0.39, 0.29) is 30.4 Å². The molecule has 4 N–H and O–H groups in total. The summed E-state index contributed by atoms with van der Waals surface area (Å²) in [5, 5.41) is 12.4. The SMILES string of the molecule is CC(CCCN)C(=O)NC1CCCCC1CO. The van der Waals surface area contributed by atoms with Crippen molar-refractivity contribution in [1.82, 2.24) is 5.32 Å². The van der Waals surface area contributed by atoms with Crippen LogP contribution in [0.25, 0.3) is 0 Å². The third-order valence-corrected chi connectivity index (χ3v) is 3.76. The lowest BCUT2D eigenvalue weighted by Crippen LogP contribution is -2.45. The summed E-state index contributed by atoms with van der Waals surface area (Å²) in [5.74, 6) is 0.387. The van der Waals surface area contributed by atoms with Gasteiger partial charge in [-0.15, -0.1) is 0 Å². The largest absolute Gasteiger partial charge is 0.396 e. The highest BCUT2D eigenvalue weighted by atomic mass is 16.3. The van der Waals surface area contributed by atoms with Crippen molar-refractivity contribution in [2.24, 2.45) is 17.6 Å². The molecule has 0 spiro atoms. The maximum atomic E-state index is 11.9. The molecule has 1 amide bonds. The van der Waals surface area contributed by atoms with E-state index in [2.05, 4.69) is 5.32 Å². The summed E-state index contributed by atoms with van der Waals surface area (Å²) in [7, 11) is 0. The van der Waals surface area contributed by atoms with Crippen molar-refractivity contribution in [3.63, 3.8) is 0 Å². The number of amides is 1. The number of carbonyl (C=O) groups excluding carboxylic acids is 1. The van der Waals surface area contributed by atoms with Crippen LogP contribution >= 0.6 is 0 Å². The molecule has 0 bridgehead atoms. The molecule has 0 aromatic heterocycles. The van der Waals surface area contributed by atoms with Crippen LogP contribution in [-0.4, -0.2) is 30.2 Å². The van der Waals surface area contributed by atoms with Gasteiger partial charge in [0.2, 0.25) is 5.91 Å². The van der Waals surface area contributed by atoms with Crippen LogP contribution in [0.4, 0.5) is 0 Å². The minimum absolute atomic E-state index is 0.0276. The molecule has 0 saturated heterocycles. The second-order valence-electron chi connectivity index (χ2n) is 5.17. The summed E-state index contributed by atoms with van der Waals surface area (Å²) in [6.45, 7) is 2.77. The summed E-state index contributed by atoms with van der Waals surface area (Å²) in [4.78, 5) is 11.9. The molecule has 0 radical (unpaired) electrons. The lowest BCUT2D eigenvalue weighted by molar-refractivity contribution is -0.126. The van der Waals surface area contributed by atoms with Crippen molar-refractivity contribution in [1.29, 1.82) is 0 Å². The molecule has 17 heavy (non-hydrogen) atoms. The second kappa shape index (κ2) is 7.67. The first kappa shape index (κ1) is 14.5. The molecule has 0 aromatic carbocycles. The van der Waals surface area contributed by atoms with Gasteiger partial charge in [-0.2, -0.15) is 0 Å². The average molecular weight is 242 g/mol. The zero-order chi connectivity index (χ0) is 12.7. The van der Waals surface area contributed by atoms with Gasteiger partial charge in [0.25, 0.3) is 0 Å². The first-order valence-corrected chi connectivity index (χ1v) is 6.80. The minimum atomic E-state index is 0.0276. The van der Waals surface area contributed by atoms with E-state index in [1.807, 2.05) is 6.92 Å². The fourth-order valence-electron chi connectivity index (χ4n) is 2.50. The van der Waals surface area contributed by atoms with E-state index < -0.39 is 0 Å². The Kier molecular flexibility index (Phi) is 6.52. The topological polar surface area (TPSA) is 75.4 Å². The van der Waals surface area contributed by atoms with Gasteiger partial charge in [-0.25, -0.2) is 0 Å². The Bertz CT molecular complexity index is 233. The van der Waals surface area contributed by atoms with Crippen molar-refractivity contribution < 1.29 is 9.90 Å². The molecule has 1 rings (SSSR count). The number of hydrogen-bond acceptors (Lipinski definition) is 3. The van der Waals surface area contributed by atoms with Crippen LogP contribution in [0.1, 0.15) is 45.4 Å². The number of aliphatic hydroxyl groups is 1. The van der Waals surface area contributed by atoms with Crippen molar-refractivity contribution in [2.45, 2.75) is 51.5 Å². The molecule has 3 unspecified atom stereocenters. The number of carbonyl (C=O) groups is 1. The van der Waals surface area contributed by atoms with Crippen molar-refractivity contribution >= 4 is 5.91 Å². The average Bonchev–Trinajstić information content (AvgIpc) is 2.36. The number of aliphatic hydroxyl groups excluding tert-OH is 1. The first-order valence-electron chi connectivity index (χ1n) is 6.80. The van der Waals surface area contributed by atoms with Gasteiger partial charge in [0, 0.05) is 24.5 Å². The number of nitrogens with two attached hydrogens (primary N) is 1. The van der Waals surface area contributed by atoms with Gasteiger partial charge in [0.1, 0.15) is 0 Å². The molecular formula is C13H26N2O2. The highest BCUT2D eigenvalue weighted by Crippen LogP contribution is 2.24. The van der Waals surface area contributed by atoms with Crippen LogP contribution in [0, 0.1) is 11.8 Å². The Balaban J connectivity index is 2.37. The molecule has 0 heterocycles. The van der Waals surface area contributed by atoms with E-state index in [4.69, 9.17) is 5.73 Å². The first-order chi connectivity index (χ1) is 8.19. The van der Waals surface area contributed by atoms with Crippen LogP contribution in [-0.2, 0) is 4.79 Å². The molecule has 1 fully saturated rings. The molecule has 1 saturated carbocycles. The predicted octanol–water partition coefficient (Wildman–Crippen LogP) is 1.03. The highest BCUT2D eigenvalue weighted by molar-refractivity contribution is 5.78. The van der Waals surface area contributed by atoms with Crippen LogP contribution in [0.2, 0.25) is 0 Å². The molecule has 4 heteroatoms. The van der Waals surface area contributed by atoms with Crippen LogP contribution in [0.5, 0.6) is 0 Å². The normalized spacial score (nSPS) is 26.5. The van der Waals surface area contributed by atoms with Gasteiger partial charge < -0.3 is 16.2 Å². The maximum absolute atomic E-state index is 11.9. The zero-order valence-electron chi connectivity index (χ0n) is 10.8. The van der Waals surface area contributed by atoms with E-state index in [1.165, 1.54) is 6.42 Å². The smallest absolute Gasteiger partial charge is 0.223 e. The second-order valence-corrected chi connectivity index (χ2v) is 5.17. The van der Waals surface area contributed by atoms with Crippen LogP contribution < -0.4 is 11.1 Å². The molecule has 3 atom stereocenters. The van der Waals surface area contributed by atoms with Gasteiger partial charge in [-0.05, 0) is 32.2 Å². The van der Waals surface area contributed by atoms with Crippen molar-refractivity contribution in [3.05, 3.63) is 0 Å². The Morgan fingerprint density at radius 2 is 2.18 bits per heavy atom. The number of rotatable bonds is 6. The molecule has 100 valence electrons. The quantitative estimate of drug-likeness (QED) is 0.651. The van der Waals surface area contributed by atoms with E-state index in [0.717, 1.165) is 32.1 Å². The summed E-state index contributed by atoms with van der Waals surface area (Å²) >= 11 is 0. The van der Waals surface area contributed by atoms with Gasteiger partial charge in [-0.1, -0.05) is 19.8 Å². The Morgan fingerprint density at radius 3 is 2.82 bits per heavy atom. The minimum Gasteiger partial charge on any atom is -0.396 e. The van der Waals surface area contributed by atoms with E-state index >= 15 is 0 Å². The Labute approximate surface area is 104 Å². The van der Waals surface area contributed by atoms with Crippen molar-refractivity contribution in [2.75, 3.05) is 13.2 Å². The molecule has 1 aliphatic carbocycles. The maximum Gasteiger partial charge on any atom is 0.223 e. The van der Waals surface area contributed by atoms with E-state index in [1.54, 1.807) is 0 Å². The summed E-state index contributed by atoms with van der Waals surface area (Å²) in [6.07, 6.45) is 6.08. The number of hydrogen-bond donors (Lipinski definition) is 3. The van der Waals surface area contributed by atoms with Crippen LogP contribution in [0.15, 0.2) is 0 Å². The fraction of sp³-hybridized carbons (Fsp3) is 0.923. The third kappa shape index (κ3) is 4.64. The molecular weight excluding hydrogens is 216 g/mol. The summed E-state index contributed by atoms with van der Waals surface area (Å²) in [6, 6.07) is 0.168. The van der Waals surface area contributed by atoms with Gasteiger partial charge in [0.15, 0.2) is 0 Å². The Hall–Kier alpha value is -0.610. The molecule has 0 aromatic rings. The third-order valence-electron chi connectivity index (χ3n) is 3.76. The lowest BCUT2D eigenvalue weighted by atomic mass is 9.84.